The van der Waals surface area contributed by atoms with E-state index in [1.807, 2.05) is 24.3 Å². The zero-order valence-corrected chi connectivity index (χ0v) is 15.6. The molecule has 7 nitrogen and oxygen atoms in total. The molecular formula is C20H28N2O5. The maximum absolute atomic E-state index is 11.7. The highest BCUT2D eigenvalue weighted by molar-refractivity contribution is 5.70. The molecule has 0 spiro atoms. The Bertz CT molecular complexity index is 647. The summed E-state index contributed by atoms with van der Waals surface area (Å²) in [5.74, 6) is 2.27. The largest absolute Gasteiger partial charge is 0.486 e. The summed E-state index contributed by atoms with van der Waals surface area (Å²) in [6, 6.07) is 7.64. The Morgan fingerprint density at radius 1 is 1.07 bits per heavy atom. The normalized spacial score (nSPS) is 26.3. The van der Waals surface area contributed by atoms with Gasteiger partial charge in [-0.25, -0.2) is 4.79 Å². The van der Waals surface area contributed by atoms with E-state index in [0.29, 0.717) is 25.7 Å². The van der Waals surface area contributed by atoms with Gasteiger partial charge in [-0.3, -0.25) is 9.80 Å². The van der Waals surface area contributed by atoms with Crippen molar-refractivity contribution in [3.8, 4) is 11.5 Å². The van der Waals surface area contributed by atoms with Gasteiger partial charge in [0.1, 0.15) is 19.3 Å². The summed E-state index contributed by atoms with van der Waals surface area (Å²) in [5.41, 5.74) is 0. The number of para-hydroxylation sites is 2. The van der Waals surface area contributed by atoms with E-state index in [4.69, 9.17) is 14.2 Å². The highest BCUT2D eigenvalue weighted by Crippen LogP contribution is 2.31. The van der Waals surface area contributed by atoms with Crippen molar-refractivity contribution in [2.24, 2.45) is 5.92 Å². The number of benzene rings is 1. The Morgan fingerprint density at radius 3 is 2.63 bits per heavy atom. The van der Waals surface area contributed by atoms with Crippen LogP contribution in [0.5, 0.6) is 11.5 Å². The van der Waals surface area contributed by atoms with Gasteiger partial charge >= 0.3 is 6.09 Å². The lowest BCUT2D eigenvalue weighted by Crippen LogP contribution is -2.44. The van der Waals surface area contributed by atoms with Crippen molar-refractivity contribution in [2.45, 2.75) is 31.4 Å². The minimum Gasteiger partial charge on any atom is -0.486 e. The predicted molar refractivity (Wildman–Crippen MR) is 99.1 cm³/mol. The predicted octanol–water partition coefficient (Wildman–Crippen LogP) is 1.74. The van der Waals surface area contributed by atoms with Gasteiger partial charge in [0.25, 0.3) is 0 Å². The fraction of sp³-hybridized carbons (Fsp3) is 0.650. The second kappa shape index (κ2) is 8.35. The van der Waals surface area contributed by atoms with Crippen LogP contribution in [0.4, 0.5) is 4.79 Å². The molecule has 0 aromatic heterocycles. The van der Waals surface area contributed by atoms with Crippen LogP contribution in [0.3, 0.4) is 0 Å². The Hall–Kier alpha value is -1.99. The maximum Gasteiger partial charge on any atom is 0.410 e. The van der Waals surface area contributed by atoms with E-state index in [0.717, 1.165) is 50.4 Å². The number of likely N-dealkylation sites (tertiary alicyclic amines) is 1. The summed E-state index contributed by atoms with van der Waals surface area (Å²) in [7, 11) is 0. The van der Waals surface area contributed by atoms with Crippen molar-refractivity contribution in [3.05, 3.63) is 24.3 Å². The highest BCUT2D eigenvalue weighted by Gasteiger charge is 2.33. The number of nitrogens with zero attached hydrogens (tertiary/aromatic N) is 2. The third kappa shape index (κ3) is 4.30. The third-order valence-corrected chi connectivity index (χ3v) is 5.80. The highest BCUT2D eigenvalue weighted by atomic mass is 16.6. The van der Waals surface area contributed by atoms with Gasteiger partial charge in [-0.2, -0.15) is 0 Å². The van der Waals surface area contributed by atoms with E-state index in [-0.39, 0.29) is 24.8 Å². The Labute approximate surface area is 159 Å². The molecule has 0 bridgehead atoms. The van der Waals surface area contributed by atoms with Crippen molar-refractivity contribution in [2.75, 3.05) is 46.0 Å². The van der Waals surface area contributed by atoms with Crippen molar-refractivity contribution in [3.63, 3.8) is 0 Å². The number of carbonyl (C=O) groups is 1. The summed E-state index contributed by atoms with van der Waals surface area (Å²) < 4.78 is 16.9. The molecule has 2 atom stereocenters. The van der Waals surface area contributed by atoms with Gasteiger partial charge in [0.2, 0.25) is 0 Å². The molecule has 27 heavy (non-hydrogen) atoms. The first-order valence-corrected chi connectivity index (χ1v) is 9.88. The van der Waals surface area contributed by atoms with E-state index >= 15 is 0 Å². The van der Waals surface area contributed by atoms with Gasteiger partial charge in [0.05, 0.1) is 12.6 Å². The molecule has 1 amide bonds. The molecule has 2 saturated heterocycles. The Balaban J connectivity index is 1.19. The molecule has 3 aliphatic rings. The first kappa shape index (κ1) is 18.4. The van der Waals surface area contributed by atoms with E-state index in [9.17, 15) is 9.90 Å². The summed E-state index contributed by atoms with van der Waals surface area (Å²) in [4.78, 5) is 15.9. The van der Waals surface area contributed by atoms with Gasteiger partial charge in [-0.1, -0.05) is 12.1 Å². The molecule has 3 heterocycles. The van der Waals surface area contributed by atoms with Crippen molar-refractivity contribution in [1.82, 2.24) is 9.80 Å². The number of cyclic esters (lactones) is 1. The van der Waals surface area contributed by atoms with Crippen molar-refractivity contribution in [1.29, 1.82) is 0 Å². The molecule has 7 heteroatoms. The Morgan fingerprint density at radius 2 is 1.85 bits per heavy atom. The van der Waals surface area contributed by atoms with Gasteiger partial charge in [0, 0.05) is 13.1 Å². The SMILES string of the molecule is O=C1OCC(CO)N1CCC1CCN(CC2COc3ccccc3O2)CC1. The molecule has 1 N–H and O–H groups in total. The lowest BCUT2D eigenvalue weighted by atomic mass is 9.93. The molecule has 2 fully saturated rings. The number of piperidine rings is 1. The van der Waals surface area contributed by atoms with Crippen LogP contribution in [0.25, 0.3) is 0 Å². The van der Waals surface area contributed by atoms with Crippen molar-refractivity contribution < 1.29 is 24.1 Å². The molecule has 4 rings (SSSR count). The average Bonchev–Trinajstić information content (AvgIpc) is 3.07. The zero-order chi connectivity index (χ0) is 18.6. The minimum absolute atomic E-state index is 0.0310. The minimum atomic E-state index is -0.291. The second-order valence-electron chi connectivity index (χ2n) is 7.64. The topological polar surface area (TPSA) is 71.5 Å². The van der Waals surface area contributed by atoms with Crippen LogP contribution >= 0.6 is 0 Å². The summed E-state index contributed by atoms with van der Waals surface area (Å²) in [6.45, 7) is 4.50. The van der Waals surface area contributed by atoms with Crippen LogP contribution in [0.1, 0.15) is 19.3 Å². The first-order chi connectivity index (χ1) is 13.2. The summed E-state index contributed by atoms with van der Waals surface area (Å²) >= 11 is 0. The average molecular weight is 376 g/mol. The van der Waals surface area contributed by atoms with Gasteiger partial charge < -0.3 is 19.3 Å². The van der Waals surface area contributed by atoms with Crippen LogP contribution in [-0.2, 0) is 4.74 Å². The molecule has 0 radical (unpaired) electrons. The lowest BCUT2D eigenvalue weighted by molar-refractivity contribution is 0.0464. The number of ether oxygens (including phenoxy) is 3. The third-order valence-electron chi connectivity index (χ3n) is 5.80. The second-order valence-corrected chi connectivity index (χ2v) is 7.64. The van der Waals surface area contributed by atoms with Gasteiger partial charge in [-0.05, 0) is 50.4 Å². The van der Waals surface area contributed by atoms with E-state index in [1.165, 1.54) is 0 Å². The summed E-state index contributed by atoms with van der Waals surface area (Å²) in [6.07, 6.45) is 2.99. The number of rotatable bonds is 6. The molecule has 1 aromatic rings. The standard InChI is InChI=1S/C20H28N2O5/c23-12-16-13-26-20(24)22(16)10-7-15-5-8-21(9-6-15)11-17-14-25-18-3-1-2-4-19(18)27-17/h1-4,15-17,23H,5-14H2. The van der Waals surface area contributed by atoms with Gasteiger partial charge in [-0.15, -0.1) is 0 Å². The first-order valence-electron chi connectivity index (χ1n) is 9.88. The molecule has 3 aliphatic heterocycles. The number of aliphatic hydroxyl groups is 1. The molecular weight excluding hydrogens is 348 g/mol. The lowest BCUT2D eigenvalue weighted by Gasteiger charge is -2.36. The monoisotopic (exact) mass is 376 g/mol. The summed E-state index contributed by atoms with van der Waals surface area (Å²) in [5, 5.41) is 9.34. The zero-order valence-electron chi connectivity index (χ0n) is 15.6. The van der Waals surface area contributed by atoms with Crippen LogP contribution in [0.2, 0.25) is 0 Å². The number of hydrogen-bond donors (Lipinski definition) is 1. The van der Waals surface area contributed by atoms with E-state index in [2.05, 4.69) is 4.90 Å². The number of aliphatic hydroxyl groups excluding tert-OH is 1. The number of hydrogen-bond acceptors (Lipinski definition) is 6. The molecule has 0 aliphatic carbocycles. The van der Waals surface area contributed by atoms with E-state index < -0.39 is 0 Å². The van der Waals surface area contributed by atoms with Crippen LogP contribution in [0, 0.1) is 5.92 Å². The molecule has 148 valence electrons. The fourth-order valence-electron chi connectivity index (χ4n) is 4.13. The quantitative estimate of drug-likeness (QED) is 0.816. The van der Waals surface area contributed by atoms with Gasteiger partial charge in [0.15, 0.2) is 11.5 Å². The fourth-order valence-corrected chi connectivity index (χ4v) is 4.13. The molecule has 1 aromatic carbocycles. The van der Waals surface area contributed by atoms with Crippen LogP contribution in [0.15, 0.2) is 24.3 Å². The molecule has 0 saturated carbocycles. The van der Waals surface area contributed by atoms with Crippen molar-refractivity contribution >= 4 is 6.09 Å². The maximum atomic E-state index is 11.7. The number of amides is 1. The van der Waals surface area contributed by atoms with E-state index in [1.54, 1.807) is 4.90 Å². The molecule has 2 unspecified atom stereocenters. The Kier molecular flexibility index (Phi) is 5.69. The number of fused-ring (bicyclic) bond motifs is 1. The van der Waals surface area contributed by atoms with Crippen LogP contribution in [-0.4, -0.2) is 79.1 Å². The number of carbonyl (C=O) groups excluding carboxylic acids is 1. The smallest absolute Gasteiger partial charge is 0.410 e. The van der Waals surface area contributed by atoms with Crippen LogP contribution < -0.4 is 9.47 Å².